The van der Waals surface area contributed by atoms with Crippen LogP contribution in [0.4, 0.5) is 28.8 Å². The van der Waals surface area contributed by atoms with E-state index in [0.717, 1.165) is 6.20 Å². The van der Waals surface area contributed by atoms with E-state index in [1.807, 2.05) is 6.07 Å². The molecule has 0 radical (unpaired) electrons. The van der Waals surface area contributed by atoms with E-state index < -0.39 is 10.6 Å². The predicted molar refractivity (Wildman–Crippen MR) is 107 cm³/mol. The molecule has 2 N–H and O–H groups in total. The number of isothiocyanates is 1. The van der Waals surface area contributed by atoms with Gasteiger partial charge in [-0.05, 0) is 30.4 Å². The SMILES string of the molecule is C=CCC(Nc1ccc(C#N)cc1Nc1ncc([N+](=O)[O-])c(N=C=S)n1)OC. The molecule has 10 nitrogen and oxygen atoms in total. The van der Waals surface area contributed by atoms with E-state index in [9.17, 15) is 10.1 Å². The van der Waals surface area contributed by atoms with Crippen LogP contribution in [0.25, 0.3) is 0 Å². The van der Waals surface area contributed by atoms with Gasteiger partial charge in [-0.3, -0.25) is 10.1 Å². The van der Waals surface area contributed by atoms with Crippen molar-refractivity contribution in [2.45, 2.75) is 12.6 Å². The van der Waals surface area contributed by atoms with Crippen molar-refractivity contribution in [2.75, 3.05) is 17.7 Å². The number of anilines is 3. The van der Waals surface area contributed by atoms with Gasteiger partial charge in [0.05, 0.1) is 33.1 Å². The molecule has 1 atom stereocenters. The largest absolute Gasteiger partial charge is 0.362 e. The third-order valence-corrected chi connectivity index (χ3v) is 3.57. The molecule has 0 saturated heterocycles. The lowest BCUT2D eigenvalue weighted by Crippen LogP contribution is -2.21. The normalized spacial score (nSPS) is 10.9. The highest BCUT2D eigenvalue weighted by atomic mass is 32.1. The van der Waals surface area contributed by atoms with Crippen molar-refractivity contribution in [1.82, 2.24) is 9.97 Å². The number of methoxy groups -OCH3 is 1. The van der Waals surface area contributed by atoms with Gasteiger partial charge < -0.3 is 15.4 Å². The Morgan fingerprint density at radius 1 is 1.54 bits per heavy atom. The van der Waals surface area contributed by atoms with E-state index in [1.54, 1.807) is 31.4 Å². The summed E-state index contributed by atoms with van der Waals surface area (Å²) in [4.78, 5) is 21.9. The van der Waals surface area contributed by atoms with Gasteiger partial charge in [0.25, 0.3) is 0 Å². The van der Waals surface area contributed by atoms with Gasteiger partial charge in [0.1, 0.15) is 12.4 Å². The molecule has 0 fully saturated rings. The molecule has 0 bridgehead atoms. The minimum Gasteiger partial charge on any atom is -0.362 e. The average Bonchev–Trinajstić information content (AvgIpc) is 2.69. The molecule has 1 aromatic carbocycles. The molecule has 0 amide bonds. The van der Waals surface area contributed by atoms with Gasteiger partial charge >= 0.3 is 5.69 Å². The molecule has 0 aliphatic heterocycles. The van der Waals surface area contributed by atoms with Crippen molar-refractivity contribution in [3.63, 3.8) is 0 Å². The third-order valence-electron chi connectivity index (χ3n) is 3.48. The molecule has 0 aliphatic rings. The Labute approximate surface area is 165 Å². The zero-order chi connectivity index (χ0) is 20.5. The van der Waals surface area contributed by atoms with Gasteiger partial charge in [-0.1, -0.05) is 6.08 Å². The molecule has 11 heteroatoms. The van der Waals surface area contributed by atoms with Gasteiger partial charge in [-0.15, -0.1) is 6.58 Å². The number of nitriles is 1. The van der Waals surface area contributed by atoms with Crippen LogP contribution in [-0.4, -0.2) is 33.4 Å². The number of hydrogen-bond acceptors (Lipinski definition) is 10. The summed E-state index contributed by atoms with van der Waals surface area (Å²) >= 11 is 4.50. The Bertz CT molecular complexity index is 983. The molecule has 0 saturated carbocycles. The zero-order valence-electron chi connectivity index (χ0n) is 14.7. The topological polar surface area (TPSA) is 138 Å². The Hall–Kier alpha value is -3.71. The minimum atomic E-state index is -0.670. The number of benzene rings is 1. The smallest absolute Gasteiger partial charge is 0.332 e. The van der Waals surface area contributed by atoms with Crippen molar-refractivity contribution in [2.24, 2.45) is 4.99 Å². The van der Waals surface area contributed by atoms with Crippen molar-refractivity contribution in [1.29, 1.82) is 5.26 Å². The molecule has 2 rings (SSSR count). The molecule has 1 unspecified atom stereocenters. The summed E-state index contributed by atoms with van der Waals surface area (Å²) in [6.45, 7) is 3.68. The first-order valence-electron chi connectivity index (χ1n) is 7.83. The van der Waals surface area contributed by atoms with E-state index in [4.69, 9.17) is 10.00 Å². The molecule has 1 heterocycles. The standard InChI is InChI=1S/C17H15N7O3S/c1-3-4-15(27-2)21-12-6-5-11(8-18)7-13(12)22-17-19-9-14(24(25)26)16(23-17)20-10-28/h3,5-7,9,15,21H,1,4H2,2H3,(H,19,22,23). The number of nitrogens with one attached hydrogen (secondary N) is 2. The van der Waals surface area contributed by atoms with Crippen molar-refractivity contribution >= 4 is 46.2 Å². The highest BCUT2D eigenvalue weighted by Gasteiger charge is 2.18. The summed E-state index contributed by atoms with van der Waals surface area (Å²) in [5.74, 6) is -0.199. The third kappa shape index (κ3) is 5.15. The van der Waals surface area contributed by atoms with E-state index >= 15 is 0 Å². The van der Waals surface area contributed by atoms with Gasteiger partial charge in [0.2, 0.25) is 11.8 Å². The van der Waals surface area contributed by atoms with E-state index in [-0.39, 0.29) is 18.0 Å². The molecule has 2 aromatic rings. The first-order chi connectivity index (χ1) is 13.5. The number of rotatable bonds is 9. The summed E-state index contributed by atoms with van der Waals surface area (Å²) < 4.78 is 5.33. The van der Waals surface area contributed by atoms with E-state index in [0.29, 0.717) is 23.4 Å². The fourth-order valence-electron chi connectivity index (χ4n) is 2.18. The second kappa shape index (κ2) is 9.84. The fourth-order valence-corrected chi connectivity index (χ4v) is 2.27. The number of ether oxygens (including phenoxy) is 1. The summed E-state index contributed by atoms with van der Waals surface area (Å²) in [5.41, 5.74) is 1.06. The molecule has 0 spiro atoms. The number of nitro groups is 1. The first-order valence-corrected chi connectivity index (χ1v) is 8.24. The van der Waals surface area contributed by atoms with Crippen LogP contribution < -0.4 is 10.6 Å². The van der Waals surface area contributed by atoms with Gasteiger partial charge in [0.15, 0.2) is 0 Å². The summed E-state index contributed by atoms with van der Waals surface area (Å²) in [6, 6.07) is 6.94. The summed E-state index contributed by atoms with van der Waals surface area (Å²) in [7, 11) is 1.55. The molecule has 142 valence electrons. The number of hydrogen-bond donors (Lipinski definition) is 2. The zero-order valence-corrected chi connectivity index (χ0v) is 15.6. The van der Waals surface area contributed by atoms with Crippen molar-refractivity contribution < 1.29 is 9.66 Å². The number of nitrogens with zero attached hydrogens (tertiary/aromatic N) is 5. The maximum Gasteiger partial charge on any atom is 0.332 e. The second-order valence-electron chi connectivity index (χ2n) is 5.25. The number of thiocarbonyl (C=S) groups is 1. The predicted octanol–water partition coefficient (Wildman–Crippen LogP) is 3.69. The fraction of sp³-hybridized carbons (Fsp3) is 0.176. The number of aromatic nitrogens is 2. The van der Waals surface area contributed by atoms with Crippen LogP contribution >= 0.6 is 12.2 Å². The van der Waals surface area contributed by atoms with Crippen LogP contribution in [0, 0.1) is 21.4 Å². The highest BCUT2D eigenvalue weighted by Crippen LogP contribution is 2.29. The van der Waals surface area contributed by atoms with Crippen LogP contribution in [0.1, 0.15) is 12.0 Å². The summed E-state index contributed by atoms with van der Waals surface area (Å²) in [6.07, 6.45) is 2.90. The molecule has 1 aromatic heterocycles. The maximum absolute atomic E-state index is 11.0. The van der Waals surface area contributed by atoms with Crippen molar-refractivity contribution in [3.8, 4) is 6.07 Å². The average molecular weight is 397 g/mol. The molecular weight excluding hydrogens is 382 g/mol. The Morgan fingerprint density at radius 2 is 2.32 bits per heavy atom. The van der Waals surface area contributed by atoms with E-state index in [1.165, 1.54) is 0 Å². The first kappa shape index (κ1) is 20.6. The van der Waals surface area contributed by atoms with Crippen LogP contribution in [0.15, 0.2) is 42.0 Å². The monoisotopic (exact) mass is 397 g/mol. The Kier molecular flexibility index (Phi) is 7.24. The molecule has 0 aliphatic carbocycles. The number of aliphatic imine (C=N–C) groups is 1. The lowest BCUT2D eigenvalue weighted by Gasteiger charge is -2.19. The van der Waals surface area contributed by atoms with Crippen LogP contribution in [0.2, 0.25) is 0 Å². The molecule has 28 heavy (non-hydrogen) atoms. The maximum atomic E-state index is 11.0. The van der Waals surface area contributed by atoms with E-state index in [2.05, 4.69) is 49.6 Å². The van der Waals surface area contributed by atoms with Crippen LogP contribution in [0.5, 0.6) is 0 Å². The van der Waals surface area contributed by atoms with Gasteiger partial charge in [-0.25, -0.2) is 4.98 Å². The summed E-state index contributed by atoms with van der Waals surface area (Å²) in [5, 5.41) is 28.3. The molecular formula is C17H15N7O3S. The van der Waals surface area contributed by atoms with Crippen LogP contribution in [0.3, 0.4) is 0 Å². The second-order valence-corrected chi connectivity index (χ2v) is 5.44. The van der Waals surface area contributed by atoms with Gasteiger partial charge in [-0.2, -0.15) is 15.2 Å². The Morgan fingerprint density at radius 3 is 2.93 bits per heavy atom. The lowest BCUT2D eigenvalue weighted by molar-refractivity contribution is -0.384. The highest BCUT2D eigenvalue weighted by molar-refractivity contribution is 7.78. The minimum absolute atomic E-state index is 0.0328. The van der Waals surface area contributed by atoms with Crippen molar-refractivity contribution in [3.05, 3.63) is 52.7 Å². The van der Waals surface area contributed by atoms with Crippen LogP contribution in [-0.2, 0) is 4.74 Å². The lowest BCUT2D eigenvalue weighted by atomic mass is 10.1. The quantitative estimate of drug-likeness (QED) is 0.162. The Balaban J connectivity index is 2.42. The van der Waals surface area contributed by atoms with Gasteiger partial charge in [0, 0.05) is 13.5 Å².